The molecule has 0 saturated carbocycles. The standard InChI is InChI=1S/C22H29N3O3S/c1-22(2,3)24-29(27,28)19-12-7-11-18(15-19)23-21(26)20-13-8-14-25(20)16-17-9-5-4-6-10-17/h4-7,9-12,15,20,24H,8,13-14,16H2,1-3H3,(H,23,26). The van der Waals surface area contributed by atoms with Crippen LogP contribution in [-0.2, 0) is 21.4 Å². The number of sulfonamides is 1. The Morgan fingerprint density at radius 1 is 1.10 bits per heavy atom. The molecule has 1 aliphatic heterocycles. The maximum absolute atomic E-state index is 12.9. The predicted octanol–water partition coefficient (Wildman–Crippen LogP) is 3.37. The molecule has 0 aliphatic carbocycles. The highest BCUT2D eigenvalue weighted by atomic mass is 32.2. The van der Waals surface area contributed by atoms with E-state index in [0.717, 1.165) is 25.9 Å². The average Bonchev–Trinajstić information content (AvgIpc) is 3.09. The van der Waals surface area contributed by atoms with Crippen LogP contribution in [0.1, 0.15) is 39.2 Å². The van der Waals surface area contributed by atoms with Crippen molar-refractivity contribution in [2.45, 2.75) is 56.6 Å². The molecule has 1 fully saturated rings. The summed E-state index contributed by atoms with van der Waals surface area (Å²) in [5, 5.41) is 2.90. The Balaban J connectivity index is 1.70. The number of hydrogen-bond acceptors (Lipinski definition) is 4. The molecule has 29 heavy (non-hydrogen) atoms. The molecule has 0 radical (unpaired) electrons. The molecule has 2 aromatic carbocycles. The molecule has 0 bridgehead atoms. The number of likely N-dealkylation sites (tertiary alicyclic amines) is 1. The van der Waals surface area contributed by atoms with Crippen LogP contribution in [0.5, 0.6) is 0 Å². The van der Waals surface area contributed by atoms with E-state index < -0.39 is 15.6 Å². The van der Waals surface area contributed by atoms with E-state index in [0.29, 0.717) is 5.69 Å². The van der Waals surface area contributed by atoms with Gasteiger partial charge in [0.05, 0.1) is 10.9 Å². The minimum Gasteiger partial charge on any atom is -0.325 e. The first-order valence-electron chi connectivity index (χ1n) is 9.87. The van der Waals surface area contributed by atoms with Gasteiger partial charge < -0.3 is 5.32 Å². The second-order valence-electron chi connectivity index (χ2n) is 8.49. The lowest BCUT2D eigenvalue weighted by Crippen LogP contribution is -2.40. The third-order valence-electron chi connectivity index (χ3n) is 4.75. The smallest absolute Gasteiger partial charge is 0.241 e. The highest BCUT2D eigenvalue weighted by Gasteiger charge is 2.31. The second-order valence-corrected chi connectivity index (χ2v) is 10.2. The zero-order valence-corrected chi connectivity index (χ0v) is 18.0. The third-order valence-corrected chi connectivity index (χ3v) is 6.50. The summed E-state index contributed by atoms with van der Waals surface area (Å²) in [4.78, 5) is 15.2. The fourth-order valence-electron chi connectivity index (χ4n) is 3.56. The van der Waals surface area contributed by atoms with Crippen molar-refractivity contribution in [3.05, 3.63) is 60.2 Å². The first-order valence-corrected chi connectivity index (χ1v) is 11.4. The highest BCUT2D eigenvalue weighted by Crippen LogP contribution is 2.23. The lowest BCUT2D eigenvalue weighted by atomic mass is 10.1. The molecule has 7 heteroatoms. The molecule has 1 saturated heterocycles. The van der Waals surface area contributed by atoms with Crippen LogP contribution < -0.4 is 10.0 Å². The van der Waals surface area contributed by atoms with E-state index in [1.807, 2.05) is 18.2 Å². The van der Waals surface area contributed by atoms with E-state index in [1.54, 1.807) is 32.9 Å². The number of rotatable bonds is 6. The van der Waals surface area contributed by atoms with Gasteiger partial charge in [-0.15, -0.1) is 0 Å². The molecule has 0 aromatic heterocycles. The van der Waals surface area contributed by atoms with Gasteiger partial charge >= 0.3 is 0 Å². The Labute approximate surface area is 173 Å². The topological polar surface area (TPSA) is 78.5 Å². The largest absolute Gasteiger partial charge is 0.325 e. The summed E-state index contributed by atoms with van der Waals surface area (Å²) < 4.78 is 27.8. The van der Waals surface area contributed by atoms with Crippen LogP contribution in [0.25, 0.3) is 0 Å². The molecule has 156 valence electrons. The van der Waals surface area contributed by atoms with E-state index in [-0.39, 0.29) is 16.8 Å². The highest BCUT2D eigenvalue weighted by molar-refractivity contribution is 7.89. The molecule has 6 nitrogen and oxygen atoms in total. The van der Waals surface area contributed by atoms with Crippen LogP contribution in [0.15, 0.2) is 59.5 Å². The summed E-state index contributed by atoms with van der Waals surface area (Å²) in [7, 11) is -3.66. The minimum atomic E-state index is -3.66. The van der Waals surface area contributed by atoms with E-state index >= 15 is 0 Å². The number of carbonyl (C=O) groups excluding carboxylic acids is 1. The summed E-state index contributed by atoms with van der Waals surface area (Å²) in [6.45, 7) is 6.96. The summed E-state index contributed by atoms with van der Waals surface area (Å²) in [6.07, 6.45) is 1.76. The quantitative estimate of drug-likeness (QED) is 0.758. The number of amides is 1. The molecule has 3 rings (SSSR count). The van der Waals surface area contributed by atoms with E-state index in [1.165, 1.54) is 17.7 Å². The number of nitrogens with zero attached hydrogens (tertiary/aromatic N) is 1. The summed E-state index contributed by atoms with van der Waals surface area (Å²) in [5.41, 5.74) is 1.08. The molecular weight excluding hydrogens is 386 g/mol. The molecule has 1 heterocycles. The van der Waals surface area contributed by atoms with E-state index in [2.05, 4.69) is 27.1 Å². The summed E-state index contributed by atoms with van der Waals surface area (Å²) in [6, 6.07) is 16.3. The number of benzene rings is 2. The van der Waals surface area contributed by atoms with Crippen molar-refractivity contribution in [3.63, 3.8) is 0 Å². The number of carbonyl (C=O) groups is 1. The zero-order chi connectivity index (χ0) is 21.1. The maximum atomic E-state index is 12.9. The molecule has 0 spiro atoms. The minimum absolute atomic E-state index is 0.100. The van der Waals surface area contributed by atoms with Crippen LogP contribution in [-0.4, -0.2) is 37.4 Å². The second kappa shape index (κ2) is 8.65. The normalized spacial score (nSPS) is 18.0. The Morgan fingerprint density at radius 2 is 1.83 bits per heavy atom. The van der Waals surface area contributed by atoms with E-state index in [9.17, 15) is 13.2 Å². The Bertz CT molecular complexity index is 953. The van der Waals surface area contributed by atoms with Crippen molar-refractivity contribution in [3.8, 4) is 0 Å². The van der Waals surface area contributed by atoms with Gasteiger partial charge in [0.1, 0.15) is 0 Å². The number of hydrogen-bond donors (Lipinski definition) is 2. The predicted molar refractivity (Wildman–Crippen MR) is 115 cm³/mol. The van der Waals surface area contributed by atoms with Gasteiger partial charge in [-0.2, -0.15) is 0 Å². The number of nitrogens with one attached hydrogen (secondary N) is 2. The average molecular weight is 416 g/mol. The van der Waals surface area contributed by atoms with Crippen LogP contribution in [0.4, 0.5) is 5.69 Å². The van der Waals surface area contributed by atoms with E-state index in [4.69, 9.17) is 0 Å². The molecule has 2 N–H and O–H groups in total. The maximum Gasteiger partial charge on any atom is 0.241 e. The Hall–Kier alpha value is -2.22. The van der Waals surface area contributed by atoms with Gasteiger partial charge in [0.25, 0.3) is 0 Å². The molecule has 2 aromatic rings. The van der Waals surface area contributed by atoms with Gasteiger partial charge in [-0.1, -0.05) is 36.4 Å². The number of anilines is 1. The van der Waals surface area contributed by atoms with Crippen molar-refractivity contribution in [2.24, 2.45) is 0 Å². The van der Waals surface area contributed by atoms with Crippen LogP contribution >= 0.6 is 0 Å². The van der Waals surface area contributed by atoms with Crippen molar-refractivity contribution < 1.29 is 13.2 Å². The fourth-order valence-corrected chi connectivity index (χ4v) is 5.02. The van der Waals surface area contributed by atoms with Crippen molar-refractivity contribution in [2.75, 3.05) is 11.9 Å². The van der Waals surface area contributed by atoms with Crippen molar-refractivity contribution in [1.29, 1.82) is 0 Å². The molecule has 1 amide bonds. The van der Waals surface area contributed by atoms with Gasteiger partial charge in [-0.05, 0) is 63.9 Å². The monoisotopic (exact) mass is 415 g/mol. The van der Waals surface area contributed by atoms with Crippen LogP contribution in [0.3, 0.4) is 0 Å². The summed E-state index contributed by atoms with van der Waals surface area (Å²) in [5.74, 6) is -0.100. The molecule has 1 aliphatic rings. The van der Waals surface area contributed by atoms with Gasteiger partial charge in [0, 0.05) is 17.8 Å². The first kappa shape index (κ1) is 21.5. The lowest BCUT2D eigenvalue weighted by molar-refractivity contribution is -0.120. The van der Waals surface area contributed by atoms with Crippen molar-refractivity contribution >= 4 is 21.6 Å². The zero-order valence-electron chi connectivity index (χ0n) is 17.2. The lowest BCUT2D eigenvalue weighted by Gasteiger charge is -2.24. The van der Waals surface area contributed by atoms with Gasteiger partial charge in [0.15, 0.2) is 0 Å². The van der Waals surface area contributed by atoms with Crippen molar-refractivity contribution in [1.82, 2.24) is 9.62 Å². The van der Waals surface area contributed by atoms with Gasteiger partial charge in [0.2, 0.25) is 15.9 Å². The Morgan fingerprint density at radius 3 is 2.52 bits per heavy atom. The van der Waals surface area contributed by atoms with Gasteiger partial charge in [-0.25, -0.2) is 13.1 Å². The Kier molecular flexibility index (Phi) is 6.41. The van der Waals surface area contributed by atoms with Crippen LogP contribution in [0, 0.1) is 0 Å². The van der Waals surface area contributed by atoms with Crippen LogP contribution in [0.2, 0.25) is 0 Å². The SMILES string of the molecule is CC(C)(C)NS(=O)(=O)c1cccc(NC(=O)C2CCCN2Cc2ccccc2)c1. The van der Waals surface area contributed by atoms with Gasteiger partial charge in [-0.3, -0.25) is 9.69 Å². The summed E-state index contributed by atoms with van der Waals surface area (Å²) >= 11 is 0. The molecule has 1 atom stereocenters. The molecular formula is C22H29N3O3S. The third kappa shape index (κ3) is 5.88. The molecule has 1 unspecified atom stereocenters. The first-order chi connectivity index (χ1) is 13.6. The fraction of sp³-hybridized carbons (Fsp3) is 0.409.